The van der Waals surface area contributed by atoms with Crippen molar-refractivity contribution < 1.29 is 23.7 Å². The third-order valence-corrected chi connectivity index (χ3v) is 4.75. The molecular formula is C21H26N2O5. The van der Waals surface area contributed by atoms with Crippen molar-refractivity contribution in [1.82, 2.24) is 10.6 Å². The van der Waals surface area contributed by atoms with Gasteiger partial charge < -0.3 is 29.6 Å². The number of carbonyl (C=O) groups is 1. The SMILES string of the molecule is COc1ccc(C(C)(C)CNC(=O)NCc2ccc3c(c2)OCO3)cc1OC. The molecule has 150 valence electrons. The lowest BCUT2D eigenvalue weighted by Gasteiger charge is -2.26. The van der Waals surface area contributed by atoms with E-state index in [4.69, 9.17) is 18.9 Å². The van der Waals surface area contributed by atoms with Crippen LogP contribution in [0.25, 0.3) is 0 Å². The van der Waals surface area contributed by atoms with Gasteiger partial charge in [0.15, 0.2) is 23.0 Å². The van der Waals surface area contributed by atoms with Gasteiger partial charge in [0.1, 0.15) is 0 Å². The first-order valence-corrected chi connectivity index (χ1v) is 9.05. The summed E-state index contributed by atoms with van der Waals surface area (Å²) in [5.41, 5.74) is 1.70. The number of nitrogens with one attached hydrogen (secondary N) is 2. The average molecular weight is 386 g/mol. The molecule has 2 N–H and O–H groups in total. The third-order valence-electron chi connectivity index (χ3n) is 4.75. The molecule has 0 aromatic heterocycles. The lowest BCUT2D eigenvalue weighted by Crippen LogP contribution is -2.42. The Morgan fingerprint density at radius 1 is 1.00 bits per heavy atom. The highest BCUT2D eigenvalue weighted by Gasteiger charge is 2.23. The first kappa shape index (κ1) is 19.7. The molecule has 0 fully saturated rings. The molecule has 0 unspecified atom stereocenters. The van der Waals surface area contributed by atoms with Gasteiger partial charge in [-0.1, -0.05) is 26.0 Å². The van der Waals surface area contributed by atoms with Gasteiger partial charge in [-0.25, -0.2) is 4.79 Å². The van der Waals surface area contributed by atoms with Crippen LogP contribution in [-0.4, -0.2) is 33.6 Å². The molecule has 2 aromatic carbocycles. The number of benzene rings is 2. The minimum atomic E-state index is -0.282. The predicted octanol–water partition coefficient (Wildman–Crippen LogP) is 3.21. The molecule has 2 amide bonds. The summed E-state index contributed by atoms with van der Waals surface area (Å²) >= 11 is 0. The number of methoxy groups -OCH3 is 2. The summed E-state index contributed by atoms with van der Waals surface area (Å²) in [6, 6.07) is 11.2. The number of rotatable bonds is 7. The maximum absolute atomic E-state index is 12.2. The fourth-order valence-electron chi connectivity index (χ4n) is 2.96. The molecule has 7 nitrogen and oxygen atoms in total. The van der Waals surface area contributed by atoms with E-state index in [-0.39, 0.29) is 18.2 Å². The average Bonchev–Trinajstić information content (AvgIpc) is 3.18. The first-order valence-electron chi connectivity index (χ1n) is 9.05. The van der Waals surface area contributed by atoms with Gasteiger partial charge in [0.25, 0.3) is 0 Å². The van der Waals surface area contributed by atoms with Crippen molar-refractivity contribution in [2.75, 3.05) is 27.6 Å². The Bertz CT molecular complexity index is 851. The Kier molecular flexibility index (Phi) is 5.82. The van der Waals surface area contributed by atoms with Crippen molar-refractivity contribution in [2.45, 2.75) is 25.8 Å². The monoisotopic (exact) mass is 386 g/mol. The first-order chi connectivity index (χ1) is 13.4. The zero-order valence-electron chi connectivity index (χ0n) is 16.6. The Morgan fingerprint density at radius 2 is 1.75 bits per heavy atom. The van der Waals surface area contributed by atoms with E-state index in [0.29, 0.717) is 30.3 Å². The van der Waals surface area contributed by atoms with E-state index in [1.165, 1.54) is 0 Å². The summed E-state index contributed by atoms with van der Waals surface area (Å²) in [6.07, 6.45) is 0. The molecule has 7 heteroatoms. The molecule has 0 bridgehead atoms. The normalized spacial score (nSPS) is 12.4. The number of urea groups is 1. The molecule has 0 saturated carbocycles. The number of hydrogen-bond acceptors (Lipinski definition) is 5. The largest absolute Gasteiger partial charge is 0.493 e. The standard InChI is InChI=1S/C21H26N2O5/c1-21(2,15-6-8-16(25-3)18(10-15)26-4)12-23-20(24)22-11-14-5-7-17-19(9-14)28-13-27-17/h5-10H,11-13H2,1-4H3,(H2,22,23,24). The third kappa shape index (κ3) is 4.42. The summed E-state index contributed by atoms with van der Waals surface area (Å²) in [4.78, 5) is 12.2. The van der Waals surface area contributed by atoms with E-state index in [9.17, 15) is 4.79 Å². The van der Waals surface area contributed by atoms with Crippen molar-refractivity contribution in [3.8, 4) is 23.0 Å². The van der Waals surface area contributed by atoms with Crippen LogP contribution < -0.4 is 29.6 Å². The fraction of sp³-hybridized carbons (Fsp3) is 0.381. The van der Waals surface area contributed by atoms with Crippen molar-refractivity contribution in [1.29, 1.82) is 0 Å². The zero-order chi connectivity index (χ0) is 20.1. The molecule has 1 aliphatic heterocycles. The molecule has 1 heterocycles. The van der Waals surface area contributed by atoms with Gasteiger partial charge >= 0.3 is 6.03 Å². The number of fused-ring (bicyclic) bond motifs is 1. The van der Waals surface area contributed by atoms with Crippen LogP contribution in [0.2, 0.25) is 0 Å². The van der Waals surface area contributed by atoms with Crippen LogP contribution in [0.3, 0.4) is 0 Å². The molecule has 0 spiro atoms. The summed E-state index contributed by atoms with van der Waals surface area (Å²) in [6.45, 7) is 5.23. The van der Waals surface area contributed by atoms with Gasteiger partial charge in [-0.2, -0.15) is 0 Å². The maximum atomic E-state index is 12.2. The molecule has 0 radical (unpaired) electrons. The molecule has 3 rings (SSSR count). The Morgan fingerprint density at radius 3 is 2.50 bits per heavy atom. The molecule has 1 aliphatic rings. The van der Waals surface area contributed by atoms with Crippen molar-refractivity contribution in [3.63, 3.8) is 0 Å². The lowest BCUT2D eigenvalue weighted by atomic mass is 9.84. The highest BCUT2D eigenvalue weighted by molar-refractivity contribution is 5.74. The second kappa shape index (κ2) is 8.29. The van der Waals surface area contributed by atoms with Crippen molar-refractivity contribution >= 4 is 6.03 Å². The van der Waals surface area contributed by atoms with Crippen LogP contribution in [0.4, 0.5) is 4.79 Å². The number of carbonyl (C=O) groups excluding carboxylic acids is 1. The van der Waals surface area contributed by atoms with Crippen molar-refractivity contribution in [2.24, 2.45) is 0 Å². The number of hydrogen-bond donors (Lipinski definition) is 2. The van der Waals surface area contributed by atoms with Crippen molar-refractivity contribution in [3.05, 3.63) is 47.5 Å². The van der Waals surface area contributed by atoms with Gasteiger partial charge in [-0.05, 0) is 35.4 Å². The Labute approximate surface area is 164 Å². The fourth-order valence-corrected chi connectivity index (χ4v) is 2.96. The van der Waals surface area contributed by atoms with Crippen LogP contribution in [0, 0.1) is 0 Å². The zero-order valence-corrected chi connectivity index (χ0v) is 16.6. The number of ether oxygens (including phenoxy) is 4. The smallest absolute Gasteiger partial charge is 0.315 e. The quantitative estimate of drug-likeness (QED) is 0.764. The van der Waals surface area contributed by atoms with E-state index in [1.54, 1.807) is 14.2 Å². The molecular weight excluding hydrogens is 360 g/mol. The van der Waals surface area contributed by atoms with Gasteiger partial charge in [0.2, 0.25) is 6.79 Å². The number of amides is 2. The highest BCUT2D eigenvalue weighted by atomic mass is 16.7. The van der Waals surface area contributed by atoms with Crippen LogP contribution in [0.5, 0.6) is 23.0 Å². The van der Waals surface area contributed by atoms with E-state index < -0.39 is 0 Å². The van der Waals surface area contributed by atoms with Gasteiger partial charge in [0.05, 0.1) is 14.2 Å². The second-order valence-electron chi connectivity index (χ2n) is 7.18. The maximum Gasteiger partial charge on any atom is 0.315 e. The van der Waals surface area contributed by atoms with E-state index in [0.717, 1.165) is 16.9 Å². The predicted molar refractivity (Wildman–Crippen MR) is 105 cm³/mol. The Balaban J connectivity index is 1.54. The van der Waals surface area contributed by atoms with Gasteiger partial charge in [-0.15, -0.1) is 0 Å². The molecule has 0 atom stereocenters. The minimum Gasteiger partial charge on any atom is -0.493 e. The topological polar surface area (TPSA) is 78.1 Å². The van der Waals surface area contributed by atoms with Crippen LogP contribution in [-0.2, 0) is 12.0 Å². The van der Waals surface area contributed by atoms with Crippen LogP contribution in [0.1, 0.15) is 25.0 Å². The highest BCUT2D eigenvalue weighted by Crippen LogP contribution is 2.33. The minimum absolute atomic E-state index is 0.230. The van der Waals surface area contributed by atoms with E-state index in [1.807, 2.05) is 36.4 Å². The van der Waals surface area contributed by atoms with E-state index >= 15 is 0 Å². The molecule has 28 heavy (non-hydrogen) atoms. The van der Waals surface area contributed by atoms with E-state index in [2.05, 4.69) is 24.5 Å². The summed E-state index contributed by atoms with van der Waals surface area (Å²) in [5.74, 6) is 2.77. The Hall–Kier alpha value is -3.09. The molecule has 0 aliphatic carbocycles. The summed E-state index contributed by atoms with van der Waals surface area (Å²) in [7, 11) is 3.21. The summed E-state index contributed by atoms with van der Waals surface area (Å²) in [5, 5.41) is 5.80. The second-order valence-corrected chi connectivity index (χ2v) is 7.18. The van der Waals surface area contributed by atoms with Crippen LogP contribution in [0.15, 0.2) is 36.4 Å². The molecule has 2 aromatic rings. The van der Waals surface area contributed by atoms with Crippen LogP contribution >= 0.6 is 0 Å². The molecule has 0 saturated heterocycles. The van der Waals surface area contributed by atoms with Gasteiger partial charge in [-0.3, -0.25) is 0 Å². The van der Waals surface area contributed by atoms with Gasteiger partial charge in [0, 0.05) is 18.5 Å². The summed E-state index contributed by atoms with van der Waals surface area (Å²) < 4.78 is 21.3. The lowest BCUT2D eigenvalue weighted by molar-refractivity contribution is 0.174.